The van der Waals surface area contributed by atoms with Crippen LogP contribution in [0, 0.1) is 0 Å². The van der Waals surface area contributed by atoms with Crippen molar-refractivity contribution >= 4 is 33.1 Å². The van der Waals surface area contributed by atoms with E-state index in [1.54, 1.807) is 11.3 Å². The first-order valence-corrected chi connectivity index (χ1v) is 7.18. The first-order chi connectivity index (χ1) is 8.67. The maximum atomic E-state index is 5.35. The highest BCUT2D eigenvalue weighted by Gasteiger charge is 2.05. The van der Waals surface area contributed by atoms with Crippen molar-refractivity contribution in [2.45, 2.75) is 13.1 Å². The van der Waals surface area contributed by atoms with Gasteiger partial charge in [0.2, 0.25) is 0 Å². The molecule has 0 amide bonds. The van der Waals surface area contributed by atoms with E-state index in [-0.39, 0.29) is 0 Å². The van der Waals surface area contributed by atoms with E-state index in [0.29, 0.717) is 5.82 Å². The summed E-state index contributed by atoms with van der Waals surface area (Å²) in [5, 5.41) is 2.10. The second kappa shape index (κ2) is 6.29. The highest BCUT2D eigenvalue weighted by atomic mass is 79.9. The van der Waals surface area contributed by atoms with Gasteiger partial charge in [0.25, 0.3) is 0 Å². The SMILES string of the molecule is CN(Cc1cccc(NN)n1)Cc1cc(Br)cs1. The fourth-order valence-electron chi connectivity index (χ4n) is 1.68. The van der Waals surface area contributed by atoms with E-state index in [9.17, 15) is 0 Å². The fraction of sp³-hybridized carbons (Fsp3) is 0.250. The van der Waals surface area contributed by atoms with E-state index in [1.165, 1.54) is 4.88 Å². The molecule has 0 bridgehead atoms. The number of nitrogens with zero attached hydrogens (tertiary/aromatic N) is 2. The zero-order valence-corrected chi connectivity index (χ0v) is 12.5. The summed E-state index contributed by atoms with van der Waals surface area (Å²) in [7, 11) is 2.08. The molecule has 0 fully saturated rings. The number of hydrogen-bond donors (Lipinski definition) is 2. The zero-order valence-electron chi connectivity index (χ0n) is 10.1. The average molecular weight is 327 g/mol. The molecule has 2 heterocycles. The summed E-state index contributed by atoms with van der Waals surface area (Å²) in [5.41, 5.74) is 3.56. The number of pyridine rings is 1. The number of nitrogens with two attached hydrogens (primary N) is 1. The molecule has 96 valence electrons. The lowest BCUT2D eigenvalue weighted by atomic mass is 10.3. The summed E-state index contributed by atoms with van der Waals surface area (Å²) in [6.07, 6.45) is 0. The number of rotatable bonds is 5. The van der Waals surface area contributed by atoms with Crippen LogP contribution in [0.4, 0.5) is 5.82 Å². The molecule has 0 saturated carbocycles. The topological polar surface area (TPSA) is 54.2 Å². The Balaban J connectivity index is 1.96. The number of nitrogen functional groups attached to an aromatic ring is 1. The summed E-state index contributed by atoms with van der Waals surface area (Å²) in [4.78, 5) is 7.95. The van der Waals surface area contributed by atoms with Crippen molar-refractivity contribution in [2.24, 2.45) is 5.84 Å². The van der Waals surface area contributed by atoms with Gasteiger partial charge in [-0.15, -0.1) is 11.3 Å². The Morgan fingerprint density at radius 1 is 1.44 bits per heavy atom. The Bertz CT molecular complexity index is 514. The lowest BCUT2D eigenvalue weighted by molar-refractivity contribution is 0.318. The molecule has 3 N–H and O–H groups in total. The van der Waals surface area contributed by atoms with Crippen molar-refractivity contribution in [3.05, 3.63) is 44.7 Å². The minimum atomic E-state index is 0.694. The average Bonchev–Trinajstić information content (AvgIpc) is 2.74. The molecular weight excluding hydrogens is 312 g/mol. The van der Waals surface area contributed by atoms with Crippen LogP contribution >= 0.6 is 27.3 Å². The van der Waals surface area contributed by atoms with Crippen molar-refractivity contribution in [1.82, 2.24) is 9.88 Å². The molecule has 0 radical (unpaired) electrons. The third-order valence-corrected chi connectivity index (χ3v) is 4.12. The Kier molecular flexibility index (Phi) is 4.71. The van der Waals surface area contributed by atoms with Crippen LogP contribution in [0.1, 0.15) is 10.6 Å². The third kappa shape index (κ3) is 3.78. The monoisotopic (exact) mass is 326 g/mol. The van der Waals surface area contributed by atoms with Gasteiger partial charge >= 0.3 is 0 Å². The zero-order chi connectivity index (χ0) is 13.0. The van der Waals surface area contributed by atoms with Crippen LogP contribution in [0.25, 0.3) is 0 Å². The molecule has 2 aromatic heterocycles. The highest BCUT2D eigenvalue weighted by molar-refractivity contribution is 9.10. The highest BCUT2D eigenvalue weighted by Crippen LogP contribution is 2.21. The van der Waals surface area contributed by atoms with Gasteiger partial charge in [0.05, 0.1) is 5.69 Å². The first kappa shape index (κ1) is 13.5. The molecule has 0 atom stereocenters. The molecule has 0 aromatic carbocycles. The van der Waals surface area contributed by atoms with E-state index < -0.39 is 0 Å². The van der Waals surface area contributed by atoms with Gasteiger partial charge in [-0.3, -0.25) is 4.90 Å². The van der Waals surface area contributed by atoms with Gasteiger partial charge in [-0.1, -0.05) is 6.07 Å². The van der Waals surface area contributed by atoms with Crippen LogP contribution in [0.2, 0.25) is 0 Å². The second-order valence-electron chi connectivity index (χ2n) is 4.06. The van der Waals surface area contributed by atoms with E-state index in [4.69, 9.17) is 5.84 Å². The van der Waals surface area contributed by atoms with E-state index in [2.05, 4.69) is 49.7 Å². The van der Waals surface area contributed by atoms with Gasteiger partial charge in [-0.2, -0.15) is 0 Å². The second-order valence-corrected chi connectivity index (χ2v) is 5.97. The number of hydrogen-bond acceptors (Lipinski definition) is 5. The largest absolute Gasteiger partial charge is 0.308 e. The number of anilines is 1. The minimum absolute atomic E-state index is 0.694. The van der Waals surface area contributed by atoms with Crippen molar-refractivity contribution < 1.29 is 0 Å². The first-order valence-electron chi connectivity index (χ1n) is 5.51. The van der Waals surface area contributed by atoms with Gasteiger partial charge in [0.1, 0.15) is 5.82 Å². The summed E-state index contributed by atoms with van der Waals surface area (Å²) >= 11 is 5.22. The number of nitrogens with one attached hydrogen (secondary N) is 1. The van der Waals surface area contributed by atoms with Gasteiger partial charge < -0.3 is 5.43 Å². The lowest BCUT2D eigenvalue weighted by Crippen LogP contribution is -2.18. The Labute approximate surface area is 119 Å². The predicted molar refractivity (Wildman–Crippen MR) is 79.2 cm³/mol. The molecule has 0 aliphatic heterocycles. The number of aromatic nitrogens is 1. The Morgan fingerprint density at radius 3 is 2.94 bits per heavy atom. The van der Waals surface area contributed by atoms with Crippen LogP contribution in [0.15, 0.2) is 34.1 Å². The summed E-state index contributed by atoms with van der Waals surface area (Å²) in [6, 6.07) is 7.95. The molecule has 2 aromatic rings. The standard InChI is InChI=1S/C12H15BrN4S/c1-17(7-11-5-9(13)8-18-11)6-10-3-2-4-12(15-10)16-14/h2-5,8H,6-7,14H2,1H3,(H,15,16). The smallest absolute Gasteiger partial charge is 0.140 e. The Morgan fingerprint density at radius 2 is 2.28 bits per heavy atom. The van der Waals surface area contributed by atoms with Crippen LogP contribution in [-0.2, 0) is 13.1 Å². The van der Waals surface area contributed by atoms with Gasteiger partial charge in [-0.05, 0) is 41.2 Å². The molecule has 0 unspecified atom stereocenters. The lowest BCUT2D eigenvalue weighted by Gasteiger charge is -2.15. The fourth-order valence-corrected chi connectivity index (χ4v) is 3.21. The van der Waals surface area contributed by atoms with Crippen LogP contribution in [0.5, 0.6) is 0 Å². The third-order valence-electron chi connectivity index (χ3n) is 2.43. The van der Waals surface area contributed by atoms with Gasteiger partial charge in [0, 0.05) is 27.8 Å². The van der Waals surface area contributed by atoms with Gasteiger partial charge in [0.15, 0.2) is 0 Å². The van der Waals surface area contributed by atoms with E-state index in [0.717, 1.165) is 23.3 Å². The normalized spacial score (nSPS) is 10.9. The molecule has 0 aliphatic carbocycles. The maximum Gasteiger partial charge on any atom is 0.140 e. The number of thiophene rings is 1. The predicted octanol–water partition coefficient (Wildman–Crippen LogP) is 2.82. The molecule has 18 heavy (non-hydrogen) atoms. The molecule has 4 nitrogen and oxygen atoms in total. The molecule has 0 saturated heterocycles. The van der Waals surface area contributed by atoms with Crippen LogP contribution in [0.3, 0.4) is 0 Å². The molecular formula is C12H15BrN4S. The van der Waals surface area contributed by atoms with Crippen LogP contribution in [-0.4, -0.2) is 16.9 Å². The van der Waals surface area contributed by atoms with E-state index >= 15 is 0 Å². The summed E-state index contributed by atoms with van der Waals surface area (Å²) < 4.78 is 1.14. The molecule has 6 heteroatoms. The maximum absolute atomic E-state index is 5.35. The molecule has 0 aliphatic rings. The summed E-state index contributed by atoms with van der Waals surface area (Å²) in [6.45, 7) is 1.71. The molecule has 0 spiro atoms. The van der Waals surface area contributed by atoms with E-state index in [1.807, 2.05) is 18.2 Å². The summed E-state index contributed by atoms with van der Waals surface area (Å²) in [5.74, 6) is 6.04. The number of halogens is 1. The Hall–Kier alpha value is -0.950. The van der Waals surface area contributed by atoms with Gasteiger partial charge in [-0.25, -0.2) is 10.8 Å². The van der Waals surface area contributed by atoms with Crippen molar-refractivity contribution in [2.75, 3.05) is 12.5 Å². The van der Waals surface area contributed by atoms with Crippen LogP contribution < -0.4 is 11.3 Å². The van der Waals surface area contributed by atoms with Crippen molar-refractivity contribution in [3.63, 3.8) is 0 Å². The minimum Gasteiger partial charge on any atom is -0.308 e. The van der Waals surface area contributed by atoms with Crippen molar-refractivity contribution in [1.29, 1.82) is 0 Å². The quantitative estimate of drug-likeness (QED) is 0.655. The molecule has 2 rings (SSSR count). The number of hydrazine groups is 1. The van der Waals surface area contributed by atoms with Crippen molar-refractivity contribution in [3.8, 4) is 0 Å².